The van der Waals surface area contributed by atoms with E-state index in [0.29, 0.717) is 5.92 Å². The molecule has 1 aromatic carbocycles. The maximum absolute atomic E-state index is 4.67. The van der Waals surface area contributed by atoms with Gasteiger partial charge in [-0.1, -0.05) is 43.7 Å². The SMILES string of the molecule is Cc1ccc(Cc2nc(C)cc(CNCC(C)C)n2)cc1. The lowest BCUT2D eigenvalue weighted by Crippen LogP contribution is -2.20. The molecule has 0 aliphatic rings. The predicted octanol–water partition coefficient (Wildman–Crippen LogP) is 3.43. The molecule has 2 aromatic rings. The molecule has 0 aliphatic carbocycles. The fourth-order valence-corrected chi connectivity index (χ4v) is 2.25. The Balaban J connectivity index is 2.05. The van der Waals surface area contributed by atoms with E-state index < -0.39 is 0 Å². The Hall–Kier alpha value is -1.74. The second-order valence-electron chi connectivity index (χ2n) is 6.10. The van der Waals surface area contributed by atoms with Crippen LogP contribution in [0.15, 0.2) is 30.3 Å². The number of hydrogen-bond acceptors (Lipinski definition) is 3. The normalized spacial score (nSPS) is 11.1. The first-order valence-electron chi connectivity index (χ1n) is 7.62. The molecule has 0 fully saturated rings. The third kappa shape index (κ3) is 5.27. The highest BCUT2D eigenvalue weighted by Crippen LogP contribution is 2.09. The molecule has 0 aliphatic heterocycles. The minimum absolute atomic E-state index is 0.653. The molecular formula is C18H25N3. The van der Waals surface area contributed by atoms with Crippen molar-refractivity contribution in [2.75, 3.05) is 6.54 Å². The van der Waals surface area contributed by atoms with Crippen molar-refractivity contribution in [3.05, 3.63) is 58.7 Å². The standard InChI is InChI=1S/C18H25N3/c1-13(2)11-19-12-17-9-15(4)20-18(21-17)10-16-7-5-14(3)6-8-16/h5-9,13,19H,10-12H2,1-4H3. The Labute approximate surface area is 127 Å². The first kappa shape index (κ1) is 15.6. The van der Waals surface area contributed by atoms with E-state index in [1.54, 1.807) is 0 Å². The fourth-order valence-electron chi connectivity index (χ4n) is 2.25. The lowest BCUT2D eigenvalue weighted by Gasteiger charge is -2.09. The molecule has 1 heterocycles. The van der Waals surface area contributed by atoms with Gasteiger partial charge in [-0.2, -0.15) is 0 Å². The summed E-state index contributed by atoms with van der Waals surface area (Å²) in [6, 6.07) is 10.6. The summed E-state index contributed by atoms with van der Waals surface area (Å²) < 4.78 is 0. The van der Waals surface area contributed by atoms with E-state index in [0.717, 1.165) is 36.7 Å². The summed E-state index contributed by atoms with van der Waals surface area (Å²) in [6.45, 7) is 10.4. The molecule has 112 valence electrons. The van der Waals surface area contributed by atoms with Gasteiger partial charge in [-0.05, 0) is 37.9 Å². The maximum atomic E-state index is 4.67. The second-order valence-corrected chi connectivity index (χ2v) is 6.10. The molecule has 3 heteroatoms. The summed E-state index contributed by atoms with van der Waals surface area (Å²) in [6.07, 6.45) is 0.791. The number of benzene rings is 1. The van der Waals surface area contributed by atoms with Crippen LogP contribution in [0.3, 0.4) is 0 Å². The molecule has 1 N–H and O–H groups in total. The lowest BCUT2D eigenvalue weighted by atomic mass is 10.1. The van der Waals surface area contributed by atoms with Crippen molar-refractivity contribution < 1.29 is 0 Å². The first-order valence-corrected chi connectivity index (χ1v) is 7.62. The van der Waals surface area contributed by atoms with Crippen molar-refractivity contribution in [3.63, 3.8) is 0 Å². The lowest BCUT2D eigenvalue weighted by molar-refractivity contribution is 0.547. The highest BCUT2D eigenvalue weighted by Gasteiger charge is 2.04. The minimum atomic E-state index is 0.653. The summed E-state index contributed by atoms with van der Waals surface area (Å²) in [5, 5.41) is 3.44. The molecule has 0 saturated carbocycles. The minimum Gasteiger partial charge on any atom is -0.311 e. The highest BCUT2D eigenvalue weighted by molar-refractivity contribution is 5.24. The smallest absolute Gasteiger partial charge is 0.133 e. The molecular weight excluding hydrogens is 258 g/mol. The Morgan fingerprint density at radius 1 is 1.05 bits per heavy atom. The molecule has 0 unspecified atom stereocenters. The van der Waals surface area contributed by atoms with Crippen molar-refractivity contribution in [3.8, 4) is 0 Å². The number of hydrogen-bond donors (Lipinski definition) is 1. The zero-order valence-corrected chi connectivity index (χ0v) is 13.5. The van der Waals surface area contributed by atoms with E-state index in [2.05, 4.69) is 66.4 Å². The third-order valence-corrected chi connectivity index (χ3v) is 3.30. The maximum Gasteiger partial charge on any atom is 0.133 e. The van der Waals surface area contributed by atoms with Crippen LogP contribution in [-0.4, -0.2) is 16.5 Å². The van der Waals surface area contributed by atoms with Crippen LogP contribution in [-0.2, 0) is 13.0 Å². The molecule has 0 amide bonds. The number of aromatic nitrogens is 2. The first-order chi connectivity index (χ1) is 10.0. The van der Waals surface area contributed by atoms with E-state index in [9.17, 15) is 0 Å². The fraction of sp³-hybridized carbons (Fsp3) is 0.444. The Morgan fingerprint density at radius 2 is 1.76 bits per heavy atom. The highest BCUT2D eigenvalue weighted by atomic mass is 14.9. The van der Waals surface area contributed by atoms with E-state index >= 15 is 0 Å². The van der Waals surface area contributed by atoms with Gasteiger partial charge in [0.15, 0.2) is 0 Å². The molecule has 21 heavy (non-hydrogen) atoms. The van der Waals surface area contributed by atoms with E-state index in [1.807, 2.05) is 6.92 Å². The van der Waals surface area contributed by atoms with E-state index in [-0.39, 0.29) is 0 Å². The zero-order valence-electron chi connectivity index (χ0n) is 13.5. The van der Waals surface area contributed by atoms with Crippen molar-refractivity contribution in [2.24, 2.45) is 5.92 Å². The summed E-state index contributed by atoms with van der Waals surface area (Å²) in [7, 11) is 0. The van der Waals surface area contributed by atoms with Crippen LogP contribution in [0.5, 0.6) is 0 Å². The van der Waals surface area contributed by atoms with Gasteiger partial charge in [0.1, 0.15) is 5.82 Å². The largest absolute Gasteiger partial charge is 0.311 e. The van der Waals surface area contributed by atoms with Crippen LogP contribution in [0.4, 0.5) is 0 Å². The van der Waals surface area contributed by atoms with Crippen LogP contribution in [0.2, 0.25) is 0 Å². The summed E-state index contributed by atoms with van der Waals surface area (Å²) in [5.74, 6) is 1.56. The van der Waals surface area contributed by atoms with Gasteiger partial charge >= 0.3 is 0 Å². The summed E-state index contributed by atoms with van der Waals surface area (Å²) >= 11 is 0. The zero-order chi connectivity index (χ0) is 15.2. The van der Waals surface area contributed by atoms with Gasteiger partial charge < -0.3 is 5.32 Å². The average molecular weight is 283 g/mol. The van der Waals surface area contributed by atoms with Crippen molar-refractivity contribution >= 4 is 0 Å². The van der Waals surface area contributed by atoms with Gasteiger partial charge in [-0.15, -0.1) is 0 Å². The Kier molecular flexibility index (Phi) is 5.45. The molecule has 0 radical (unpaired) electrons. The number of aryl methyl sites for hydroxylation is 2. The van der Waals surface area contributed by atoms with Gasteiger partial charge in [0, 0.05) is 18.7 Å². The van der Waals surface area contributed by atoms with Gasteiger partial charge in [-0.3, -0.25) is 0 Å². The molecule has 0 bridgehead atoms. The Morgan fingerprint density at radius 3 is 2.43 bits per heavy atom. The summed E-state index contributed by atoms with van der Waals surface area (Å²) in [4.78, 5) is 9.23. The number of nitrogens with zero attached hydrogens (tertiary/aromatic N) is 2. The van der Waals surface area contributed by atoms with Crippen molar-refractivity contribution in [2.45, 2.75) is 40.7 Å². The Bertz CT molecular complexity index is 574. The molecule has 0 saturated heterocycles. The van der Waals surface area contributed by atoms with Crippen LogP contribution in [0.1, 0.15) is 42.2 Å². The summed E-state index contributed by atoms with van der Waals surface area (Å²) in [5.41, 5.74) is 4.65. The number of rotatable bonds is 6. The van der Waals surface area contributed by atoms with Crippen LogP contribution in [0.25, 0.3) is 0 Å². The quantitative estimate of drug-likeness (QED) is 0.882. The molecule has 0 atom stereocenters. The van der Waals surface area contributed by atoms with Crippen molar-refractivity contribution in [1.29, 1.82) is 0 Å². The average Bonchev–Trinajstić information content (AvgIpc) is 2.40. The van der Waals surface area contributed by atoms with Gasteiger partial charge in [0.05, 0.1) is 5.69 Å². The topological polar surface area (TPSA) is 37.8 Å². The van der Waals surface area contributed by atoms with Crippen LogP contribution in [0, 0.1) is 19.8 Å². The molecule has 1 aromatic heterocycles. The van der Waals surface area contributed by atoms with Gasteiger partial charge in [0.25, 0.3) is 0 Å². The van der Waals surface area contributed by atoms with Crippen LogP contribution >= 0.6 is 0 Å². The van der Waals surface area contributed by atoms with E-state index in [1.165, 1.54) is 11.1 Å². The van der Waals surface area contributed by atoms with Crippen molar-refractivity contribution in [1.82, 2.24) is 15.3 Å². The third-order valence-electron chi connectivity index (χ3n) is 3.30. The molecule has 0 spiro atoms. The monoisotopic (exact) mass is 283 g/mol. The second kappa shape index (κ2) is 7.32. The number of nitrogens with one attached hydrogen (secondary N) is 1. The van der Waals surface area contributed by atoms with Crippen LogP contribution < -0.4 is 5.32 Å². The molecule has 2 rings (SSSR count). The van der Waals surface area contributed by atoms with E-state index in [4.69, 9.17) is 0 Å². The molecule has 3 nitrogen and oxygen atoms in total. The van der Waals surface area contributed by atoms with Gasteiger partial charge in [0.2, 0.25) is 0 Å². The predicted molar refractivity (Wildman–Crippen MR) is 87.3 cm³/mol. The van der Waals surface area contributed by atoms with Gasteiger partial charge in [-0.25, -0.2) is 9.97 Å².